The molecule has 2 heterocycles. The first-order valence-electron chi connectivity index (χ1n) is 9.00. The normalized spacial score (nSPS) is 14.2. The number of rotatable bonds is 4. The van der Waals surface area contributed by atoms with Crippen molar-refractivity contribution in [3.05, 3.63) is 58.4 Å². The molecule has 0 fully saturated rings. The third kappa shape index (κ3) is 3.69. The highest BCUT2D eigenvalue weighted by Crippen LogP contribution is 2.23. The van der Waals surface area contributed by atoms with E-state index in [4.69, 9.17) is 6.42 Å². The van der Waals surface area contributed by atoms with Crippen molar-refractivity contribution in [1.29, 1.82) is 0 Å². The first-order valence-corrected chi connectivity index (χ1v) is 11.7. The fourth-order valence-electron chi connectivity index (χ4n) is 3.27. The molecule has 31 heavy (non-hydrogen) atoms. The Bertz CT molecular complexity index is 1450. The second-order valence-electron chi connectivity index (χ2n) is 6.82. The lowest BCUT2D eigenvalue weighted by Gasteiger charge is -2.10. The summed E-state index contributed by atoms with van der Waals surface area (Å²) in [5, 5.41) is 0. The van der Waals surface area contributed by atoms with E-state index in [-0.39, 0.29) is 27.4 Å². The summed E-state index contributed by atoms with van der Waals surface area (Å²) in [5.41, 5.74) is 1.12. The molecule has 156 valence electrons. The van der Waals surface area contributed by atoms with Crippen LogP contribution < -0.4 is 4.80 Å². The second-order valence-corrected chi connectivity index (χ2v) is 9.85. The van der Waals surface area contributed by atoms with Crippen LogP contribution in [-0.2, 0) is 21.2 Å². The first kappa shape index (κ1) is 20.7. The number of imide groups is 1. The molecular weight excluding hydrogens is 438 g/mol. The van der Waals surface area contributed by atoms with Crippen LogP contribution in [0.15, 0.2) is 52.4 Å². The number of benzene rings is 2. The molecule has 0 saturated heterocycles. The lowest BCUT2D eigenvalue weighted by Crippen LogP contribution is -2.35. The van der Waals surface area contributed by atoms with Gasteiger partial charge in [0.05, 0.1) is 32.8 Å². The van der Waals surface area contributed by atoms with Crippen molar-refractivity contribution in [2.75, 3.05) is 12.8 Å². The van der Waals surface area contributed by atoms with E-state index >= 15 is 0 Å². The smallest absolute Gasteiger partial charge is 0.268 e. The number of hydrogen-bond acceptors (Lipinski definition) is 6. The fraction of sp³-hybridized carbons (Fsp3) is 0.143. The first-order chi connectivity index (χ1) is 14.7. The summed E-state index contributed by atoms with van der Waals surface area (Å²) in [4.78, 5) is 42.8. The van der Waals surface area contributed by atoms with E-state index in [1.165, 1.54) is 24.3 Å². The van der Waals surface area contributed by atoms with Crippen LogP contribution in [0.3, 0.4) is 0 Å². The molecule has 0 aliphatic carbocycles. The van der Waals surface area contributed by atoms with Gasteiger partial charge in [0.15, 0.2) is 14.6 Å². The maximum absolute atomic E-state index is 12.6. The monoisotopic (exact) mass is 453 g/mol. The molecule has 10 heteroatoms. The Kier molecular flexibility index (Phi) is 5.08. The molecule has 0 atom stereocenters. The van der Waals surface area contributed by atoms with Crippen LogP contribution in [0.1, 0.15) is 20.7 Å². The van der Waals surface area contributed by atoms with Crippen molar-refractivity contribution >= 4 is 49.1 Å². The number of sulfone groups is 1. The number of carbonyl (C=O) groups excluding carboxylic acids is 3. The Labute approximate surface area is 181 Å². The Hall–Kier alpha value is -3.55. The van der Waals surface area contributed by atoms with Crippen molar-refractivity contribution < 1.29 is 22.8 Å². The summed E-state index contributed by atoms with van der Waals surface area (Å²) in [6, 6.07) is 10.9. The van der Waals surface area contributed by atoms with Gasteiger partial charge >= 0.3 is 0 Å². The van der Waals surface area contributed by atoms with Gasteiger partial charge in [0.2, 0.25) is 0 Å². The van der Waals surface area contributed by atoms with Crippen LogP contribution >= 0.6 is 11.3 Å². The van der Waals surface area contributed by atoms with E-state index in [2.05, 4.69) is 10.9 Å². The number of amides is 3. The van der Waals surface area contributed by atoms with Gasteiger partial charge in [-0.15, -0.1) is 6.42 Å². The van der Waals surface area contributed by atoms with Crippen molar-refractivity contribution in [3.8, 4) is 12.3 Å². The SMILES string of the molecule is C#CCn1c(=NC(=O)CN2C(=O)c3ccccc3C2=O)sc2cc(S(C)(=O)=O)ccc21. The molecule has 3 amide bonds. The molecule has 0 spiro atoms. The van der Waals surface area contributed by atoms with E-state index in [0.29, 0.717) is 10.2 Å². The molecule has 1 aliphatic heterocycles. The number of thiazole rings is 1. The zero-order valence-electron chi connectivity index (χ0n) is 16.2. The van der Waals surface area contributed by atoms with Gasteiger partial charge in [0.1, 0.15) is 6.54 Å². The molecule has 8 nitrogen and oxygen atoms in total. The van der Waals surface area contributed by atoms with E-state index in [9.17, 15) is 22.8 Å². The predicted molar refractivity (Wildman–Crippen MR) is 114 cm³/mol. The van der Waals surface area contributed by atoms with Gasteiger partial charge < -0.3 is 4.57 Å². The zero-order chi connectivity index (χ0) is 22.3. The largest absolute Gasteiger partial charge is 0.305 e. The van der Waals surface area contributed by atoms with Gasteiger partial charge in [0.25, 0.3) is 17.7 Å². The molecule has 2 aromatic carbocycles. The van der Waals surface area contributed by atoms with Gasteiger partial charge in [-0.2, -0.15) is 4.99 Å². The molecule has 4 rings (SSSR count). The highest BCUT2D eigenvalue weighted by Gasteiger charge is 2.36. The van der Waals surface area contributed by atoms with Crippen molar-refractivity contribution in [3.63, 3.8) is 0 Å². The predicted octanol–water partition coefficient (Wildman–Crippen LogP) is 1.46. The van der Waals surface area contributed by atoms with Gasteiger partial charge in [-0.05, 0) is 30.3 Å². The number of nitrogens with zero attached hydrogens (tertiary/aromatic N) is 3. The summed E-state index contributed by atoms with van der Waals surface area (Å²) in [5.74, 6) is 0.689. The molecular formula is C21H15N3O5S2. The average Bonchev–Trinajstić information content (AvgIpc) is 3.18. The molecule has 0 radical (unpaired) electrons. The Morgan fingerprint density at radius 2 is 1.77 bits per heavy atom. The molecule has 1 aromatic heterocycles. The van der Waals surface area contributed by atoms with E-state index in [1.807, 2.05) is 0 Å². The number of carbonyl (C=O) groups is 3. The summed E-state index contributed by atoms with van der Waals surface area (Å²) in [6.45, 7) is -0.400. The summed E-state index contributed by atoms with van der Waals surface area (Å²) < 4.78 is 25.9. The summed E-state index contributed by atoms with van der Waals surface area (Å²) in [6.07, 6.45) is 6.55. The number of terminal acetylenes is 1. The van der Waals surface area contributed by atoms with Crippen LogP contribution in [-0.4, -0.2) is 48.4 Å². The van der Waals surface area contributed by atoms with Crippen molar-refractivity contribution in [1.82, 2.24) is 9.47 Å². The molecule has 0 unspecified atom stereocenters. The minimum Gasteiger partial charge on any atom is -0.305 e. The van der Waals surface area contributed by atoms with Crippen LogP contribution in [0.5, 0.6) is 0 Å². The third-order valence-corrected chi connectivity index (χ3v) is 6.88. The maximum Gasteiger partial charge on any atom is 0.268 e. The molecule has 0 saturated carbocycles. The number of fused-ring (bicyclic) bond motifs is 2. The van der Waals surface area contributed by atoms with E-state index in [0.717, 1.165) is 22.5 Å². The van der Waals surface area contributed by atoms with Crippen LogP contribution in [0.2, 0.25) is 0 Å². The highest BCUT2D eigenvalue weighted by atomic mass is 32.2. The van der Waals surface area contributed by atoms with Gasteiger partial charge in [-0.25, -0.2) is 8.42 Å². The topological polar surface area (TPSA) is 106 Å². The van der Waals surface area contributed by atoms with Crippen LogP contribution in [0.4, 0.5) is 0 Å². The maximum atomic E-state index is 12.6. The van der Waals surface area contributed by atoms with Gasteiger partial charge in [0, 0.05) is 6.26 Å². The average molecular weight is 454 g/mol. The van der Waals surface area contributed by atoms with Gasteiger partial charge in [-0.3, -0.25) is 19.3 Å². The quantitative estimate of drug-likeness (QED) is 0.439. The third-order valence-electron chi connectivity index (χ3n) is 4.72. The van der Waals surface area contributed by atoms with E-state index in [1.54, 1.807) is 22.8 Å². The van der Waals surface area contributed by atoms with Gasteiger partial charge in [-0.1, -0.05) is 29.4 Å². The number of aromatic nitrogens is 1. The zero-order valence-corrected chi connectivity index (χ0v) is 17.9. The Balaban J connectivity index is 1.71. The lowest BCUT2D eigenvalue weighted by atomic mass is 10.1. The summed E-state index contributed by atoms with van der Waals surface area (Å²) >= 11 is 1.10. The molecule has 0 N–H and O–H groups in total. The van der Waals surface area contributed by atoms with Crippen LogP contribution in [0.25, 0.3) is 10.2 Å². The van der Waals surface area contributed by atoms with Crippen molar-refractivity contribution in [2.24, 2.45) is 4.99 Å². The Morgan fingerprint density at radius 1 is 1.13 bits per heavy atom. The van der Waals surface area contributed by atoms with E-state index < -0.39 is 34.1 Å². The number of hydrogen-bond donors (Lipinski definition) is 0. The highest BCUT2D eigenvalue weighted by molar-refractivity contribution is 7.90. The Morgan fingerprint density at radius 3 is 2.35 bits per heavy atom. The molecule has 1 aliphatic rings. The summed E-state index contributed by atoms with van der Waals surface area (Å²) in [7, 11) is -3.41. The minimum absolute atomic E-state index is 0.108. The molecule has 3 aromatic rings. The van der Waals surface area contributed by atoms with Crippen LogP contribution in [0, 0.1) is 12.3 Å². The second kappa shape index (κ2) is 7.61. The van der Waals surface area contributed by atoms with Crippen molar-refractivity contribution in [2.45, 2.75) is 11.4 Å². The minimum atomic E-state index is -3.41. The fourth-order valence-corrected chi connectivity index (χ4v) is 5.08. The lowest BCUT2D eigenvalue weighted by molar-refractivity contribution is -0.118. The molecule has 0 bridgehead atoms. The standard InChI is InChI=1S/C21H15N3O5S2/c1-3-10-23-16-9-8-13(31(2,28)29)11-17(16)30-21(23)22-18(25)12-24-19(26)14-6-4-5-7-15(14)20(24)27/h1,4-9,11H,10,12H2,2H3.